The highest BCUT2D eigenvalue weighted by atomic mass is 35.5. The number of rotatable bonds is 7. The molecule has 2 amide bonds. The highest BCUT2D eigenvalue weighted by molar-refractivity contribution is 6.42. The summed E-state index contributed by atoms with van der Waals surface area (Å²) in [6.07, 6.45) is 1.31. The minimum absolute atomic E-state index is 0.134. The third-order valence-electron chi connectivity index (χ3n) is 5.95. The van der Waals surface area contributed by atoms with Crippen LogP contribution in [0.5, 0.6) is 0 Å². The molecule has 10 heteroatoms. The van der Waals surface area contributed by atoms with E-state index in [0.29, 0.717) is 60.9 Å². The molecule has 0 bridgehead atoms. The van der Waals surface area contributed by atoms with E-state index in [1.165, 1.54) is 4.90 Å². The molecular weight excluding hydrogens is 469 g/mol. The Morgan fingerprint density at radius 3 is 2.42 bits per heavy atom. The van der Waals surface area contributed by atoms with E-state index in [1.54, 1.807) is 39.1 Å². The molecule has 2 aliphatic rings. The summed E-state index contributed by atoms with van der Waals surface area (Å²) in [5, 5.41) is 3.44. The lowest BCUT2D eigenvalue weighted by Crippen LogP contribution is -2.50. The van der Waals surface area contributed by atoms with Gasteiger partial charge in [-0.1, -0.05) is 35.3 Å². The Bertz CT molecular complexity index is 944. The predicted octanol–water partition coefficient (Wildman–Crippen LogP) is 3.78. The van der Waals surface area contributed by atoms with E-state index in [2.05, 4.69) is 10.2 Å². The van der Waals surface area contributed by atoms with E-state index >= 15 is 0 Å². The Morgan fingerprint density at radius 2 is 1.79 bits per heavy atom. The molecule has 0 saturated carbocycles. The molecule has 2 heterocycles. The molecule has 0 spiro atoms. The minimum Gasteiger partial charge on any atom is -0.466 e. The second kappa shape index (κ2) is 11.2. The van der Waals surface area contributed by atoms with Gasteiger partial charge in [-0.25, -0.2) is 9.59 Å². The summed E-state index contributed by atoms with van der Waals surface area (Å²) >= 11 is 12.6. The van der Waals surface area contributed by atoms with Gasteiger partial charge in [0.1, 0.15) is 0 Å². The zero-order valence-electron chi connectivity index (χ0n) is 19.0. The van der Waals surface area contributed by atoms with Gasteiger partial charge in [0, 0.05) is 19.3 Å². The molecule has 2 aliphatic heterocycles. The van der Waals surface area contributed by atoms with Crippen LogP contribution in [-0.2, 0) is 19.1 Å². The Hall–Kier alpha value is -2.29. The summed E-state index contributed by atoms with van der Waals surface area (Å²) in [5.41, 5.74) is 1.37. The zero-order valence-corrected chi connectivity index (χ0v) is 20.5. The van der Waals surface area contributed by atoms with Crippen LogP contribution in [0.1, 0.15) is 38.3 Å². The minimum atomic E-state index is -0.800. The number of hydrogen-bond acceptors (Lipinski definition) is 6. The van der Waals surface area contributed by atoms with Gasteiger partial charge in [-0.15, -0.1) is 0 Å². The molecule has 180 valence electrons. The first-order chi connectivity index (χ1) is 15.8. The average molecular weight is 498 g/mol. The fourth-order valence-corrected chi connectivity index (χ4v) is 4.59. The monoisotopic (exact) mass is 497 g/mol. The first kappa shape index (κ1) is 25.3. The standard InChI is InChI=1S/C23H29Cl2N3O5/c1-4-32-21(29)14-9-11-28(12-10-14)13-17-18(22(30)33-5-2)20(26-23(31)27(17)3)15-7-6-8-16(24)19(15)25/h6-8,14,20H,4-5,9-13H2,1-3H3,(H,26,31). The molecule has 1 aromatic rings. The fraction of sp³-hybridized carbons (Fsp3) is 0.522. The number of ether oxygens (including phenoxy) is 2. The van der Waals surface area contributed by atoms with Gasteiger partial charge in [-0.05, 0) is 51.4 Å². The molecular formula is C23H29Cl2N3O5. The van der Waals surface area contributed by atoms with Crippen molar-refractivity contribution in [1.29, 1.82) is 0 Å². The number of carbonyl (C=O) groups is 3. The third kappa shape index (κ3) is 5.62. The van der Waals surface area contributed by atoms with Gasteiger partial charge in [0.05, 0.1) is 40.8 Å². The zero-order chi connectivity index (χ0) is 24.1. The number of carbonyl (C=O) groups excluding carboxylic acids is 3. The number of piperidine rings is 1. The first-order valence-corrected chi connectivity index (χ1v) is 11.8. The van der Waals surface area contributed by atoms with Crippen LogP contribution in [0.3, 0.4) is 0 Å². The van der Waals surface area contributed by atoms with Crippen molar-refractivity contribution in [2.75, 3.05) is 39.9 Å². The second-order valence-electron chi connectivity index (χ2n) is 7.97. The lowest BCUT2D eigenvalue weighted by Gasteiger charge is -2.38. The molecule has 1 fully saturated rings. The molecule has 1 aromatic carbocycles. The largest absolute Gasteiger partial charge is 0.466 e. The molecule has 1 N–H and O–H groups in total. The molecule has 0 radical (unpaired) electrons. The van der Waals surface area contributed by atoms with E-state index < -0.39 is 12.0 Å². The maximum absolute atomic E-state index is 13.1. The number of benzene rings is 1. The number of esters is 2. The van der Waals surface area contributed by atoms with E-state index in [4.69, 9.17) is 32.7 Å². The predicted molar refractivity (Wildman–Crippen MR) is 125 cm³/mol. The van der Waals surface area contributed by atoms with Crippen LogP contribution < -0.4 is 5.32 Å². The Labute approximate surface area is 203 Å². The number of halogens is 2. The van der Waals surface area contributed by atoms with Crippen molar-refractivity contribution in [3.63, 3.8) is 0 Å². The van der Waals surface area contributed by atoms with Crippen LogP contribution in [0.2, 0.25) is 10.0 Å². The van der Waals surface area contributed by atoms with Crippen LogP contribution >= 0.6 is 23.2 Å². The van der Waals surface area contributed by atoms with E-state index in [1.807, 2.05) is 0 Å². The summed E-state index contributed by atoms with van der Waals surface area (Å²) in [6.45, 7) is 5.70. The molecule has 3 rings (SSSR count). The van der Waals surface area contributed by atoms with Crippen molar-refractivity contribution in [2.45, 2.75) is 32.7 Å². The second-order valence-corrected chi connectivity index (χ2v) is 8.75. The molecule has 1 unspecified atom stereocenters. The van der Waals surface area contributed by atoms with Gasteiger partial charge in [0.15, 0.2) is 0 Å². The molecule has 33 heavy (non-hydrogen) atoms. The average Bonchev–Trinajstić information content (AvgIpc) is 2.79. The lowest BCUT2D eigenvalue weighted by atomic mass is 9.93. The number of urea groups is 1. The van der Waals surface area contributed by atoms with Gasteiger partial charge in [-0.2, -0.15) is 0 Å². The first-order valence-electron chi connectivity index (χ1n) is 11.1. The van der Waals surface area contributed by atoms with Gasteiger partial charge < -0.3 is 14.8 Å². The Morgan fingerprint density at radius 1 is 1.12 bits per heavy atom. The van der Waals surface area contributed by atoms with Crippen molar-refractivity contribution in [2.24, 2.45) is 5.92 Å². The fourth-order valence-electron chi connectivity index (χ4n) is 4.17. The van der Waals surface area contributed by atoms with E-state index in [0.717, 1.165) is 0 Å². The van der Waals surface area contributed by atoms with Crippen molar-refractivity contribution < 1.29 is 23.9 Å². The van der Waals surface area contributed by atoms with Crippen molar-refractivity contribution in [3.8, 4) is 0 Å². The number of amides is 2. The van der Waals surface area contributed by atoms with Gasteiger partial charge in [0.25, 0.3) is 0 Å². The summed E-state index contributed by atoms with van der Waals surface area (Å²) < 4.78 is 10.5. The van der Waals surface area contributed by atoms with E-state index in [9.17, 15) is 14.4 Å². The summed E-state index contributed by atoms with van der Waals surface area (Å²) in [5.74, 6) is -0.833. The number of nitrogens with zero attached hydrogens (tertiary/aromatic N) is 2. The SMILES string of the molecule is CCOC(=O)C1=C(CN2CCC(C(=O)OCC)CC2)N(C)C(=O)NC1c1cccc(Cl)c1Cl. The maximum Gasteiger partial charge on any atom is 0.338 e. The van der Waals surface area contributed by atoms with Gasteiger partial charge in [-0.3, -0.25) is 14.6 Å². The number of nitrogens with one attached hydrogen (secondary N) is 1. The maximum atomic E-state index is 13.1. The highest BCUT2D eigenvalue weighted by Gasteiger charge is 2.39. The van der Waals surface area contributed by atoms with Crippen LogP contribution in [0.15, 0.2) is 29.5 Å². The van der Waals surface area contributed by atoms with Gasteiger partial charge in [0.2, 0.25) is 0 Å². The normalized spacial score (nSPS) is 20.0. The lowest BCUT2D eigenvalue weighted by molar-refractivity contribution is -0.149. The quantitative estimate of drug-likeness (QED) is 0.576. The Kier molecular flexibility index (Phi) is 8.62. The summed E-state index contributed by atoms with van der Waals surface area (Å²) in [6, 6.07) is 3.93. The molecule has 1 saturated heterocycles. The van der Waals surface area contributed by atoms with E-state index in [-0.39, 0.29) is 29.5 Å². The summed E-state index contributed by atoms with van der Waals surface area (Å²) in [7, 11) is 1.62. The van der Waals surface area contributed by atoms with Crippen LogP contribution in [0, 0.1) is 5.92 Å². The van der Waals surface area contributed by atoms with Gasteiger partial charge >= 0.3 is 18.0 Å². The van der Waals surface area contributed by atoms with Crippen molar-refractivity contribution in [1.82, 2.24) is 15.1 Å². The van der Waals surface area contributed by atoms with Crippen LogP contribution in [0.4, 0.5) is 4.79 Å². The molecule has 8 nitrogen and oxygen atoms in total. The third-order valence-corrected chi connectivity index (χ3v) is 6.78. The molecule has 0 aromatic heterocycles. The van der Waals surface area contributed by atoms with Crippen LogP contribution in [-0.4, -0.2) is 67.7 Å². The molecule has 0 aliphatic carbocycles. The summed E-state index contributed by atoms with van der Waals surface area (Å²) in [4.78, 5) is 41.5. The Balaban J connectivity index is 1.94. The number of hydrogen-bond donors (Lipinski definition) is 1. The highest BCUT2D eigenvalue weighted by Crippen LogP contribution is 2.37. The van der Waals surface area contributed by atoms with Crippen LogP contribution in [0.25, 0.3) is 0 Å². The topological polar surface area (TPSA) is 88.2 Å². The number of likely N-dealkylation sites (tertiary alicyclic amines) is 1. The molecule has 1 atom stereocenters. The number of likely N-dealkylation sites (N-methyl/N-ethyl adjacent to an activating group) is 1. The smallest absolute Gasteiger partial charge is 0.338 e. The van der Waals surface area contributed by atoms with Crippen molar-refractivity contribution in [3.05, 3.63) is 45.1 Å². The van der Waals surface area contributed by atoms with Crippen molar-refractivity contribution >= 4 is 41.2 Å².